The fourth-order valence-electron chi connectivity index (χ4n) is 0. The van der Waals surface area contributed by atoms with Crippen LogP contribution in [-0.2, 0) is 4.57 Å². The van der Waals surface area contributed by atoms with Crippen molar-refractivity contribution in [2.24, 2.45) is 5.73 Å². The minimum Gasteiger partial charge on any atom is -0.822 e. The molecular weight excluding hydrogens is 252 g/mol. The predicted molar refractivity (Wildman–Crippen MR) is 17.4 cm³/mol. The molecule has 0 aromatic heterocycles. The molecule has 0 heterocycles. The summed E-state index contributed by atoms with van der Waals surface area (Å²) in [5.41, 5.74) is 4.15. The van der Waals surface area contributed by atoms with E-state index in [1.807, 2.05) is 0 Å². The van der Waals surface area contributed by atoms with Crippen LogP contribution in [0.1, 0.15) is 0 Å². The first-order valence-electron chi connectivity index (χ1n) is 1.24. The van der Waals surface area contributed by atoms with Gasteiger partial charge in [-0.3, -0.25) is 0 Å². The van der Waals surface area contributed by atoms with Crippen LogP contribution in [-0.4, -0.2) is 0 Å². The summed E-state index contributed by atoms with van der Waals surface area (Å²) in [7, 11) is -5.39. The Hall–Kier alpha value is 4.31. The van der Waals surface area contributed by atoms with Gasteiger partial charge in [0.25, 0.3) is 0 Å². The second-order valence-electron chi connectivity index (χ2n) is 0.576. The number of nitrogens with zero attached hydrogens (tertiary/aromatic N) is 1. The van der Waals surface area contributed by atoms with Gasteiger partial charge in [0.1, 0.15) is 0 Å². The van der Waals surface area contributed by atoms with Crippen molar-refractivity contribution < 1.29 is 173 Å². The van der Waals surface area contributed by atoms with Crippen LogP contribution in [0.5, 0.6) is 0 Å². The zero-order valence-corrected chi connectivity index (χ0v) is 16.9. The third-order valence-electron chi connectivity index (χ3n) is 0. The van der Waals surface area contributed by atoms with Crippen LogP contribution in [0.15, 0.2) is 0 Å². The van der Waals surface area contributed by atoms with Crippen molar-refractivity contribution in [3.05, 3.63) is 0 Å². The fraction of sp³-hybridized carbons (Fsp3) is 0. The first-order chi connectivity index (χ1) is 3.41. The number of nitrogens with two attached hydrogens (primary N) is 1. The van der Waals surface area contributed by atoms with Crippen molar-refractivity contribution in [2.45, 2.75) is 0 Å². The largest absolute Gasteiger partial charge is 1.00 e. The van der Waals surface area contributed by atoms with E-state index in [0.717, 1.165) is 0 Å². The average Bonchev–Trinajstić information content (AvgIpc) is 1.27. The Balaban J connectivity index is -0.0000000183. The molecule has 0 amide bonds. The van der Waals surface area contributed by atoms with E-state index in [0.29, 0.717) is 0 Å². The van der Waals surface area contributed by atoms with Crippen LogP contribution < -0.4 is 175 Å². The van der Waals surface area contributed by atoms with Gasteiger partial charge in [0.05, 0.1) is 0 Å². The molecular formula is CH2K3N2O4P. The monoisotopic (exact) mass is 254 g/mol. The third kappa shape index (κ3) is 117. The molecule has 2 N–H and O–H groups in total. The number of hydrogen-bond donors (Lipinski definition) is 1. The van der Waals surface area contributed by atoms with Gasteiger partial charge in [-0.25, -0.2) is 0 Å². The van der Waals surface area contributed by atoms with Crippen molar-refractivity contribution in [1.82, 2.24) is 0 Å². The predicted octanol–water partition coefficient (Wildman–Crippen LogP) is -12.4. The van der Waals surface area contributed by atoms with E-state index in [9.17, 15) is 0 Å². The van der Waals surface area contributed by atoms with Gasteiger partial charge in [-0.05, 0) is 0 Å². The number of hydrogen-bond acceptors (Lipinski definition) is 6. The summed E-state index contributed by atoms with van der Waals surface area (Å²) in [6.45, 7) is 0. The zero-order valence-electron chi connectivity index (χ0n) is 6.60. The first-order valence-corrected chi connectivity index (χ1v) is 2.70. The summed E-state index contributed by atoms with van der Waals surface area (Å²) in [6, 6.07) is 0. The summed E-state index contributed by atoms with van der Waals surface area (Å²) in [5.74, 6) is 0. The SMILES string of the molecule is N#CN.O=P([O-])([O-])[O-].[K+].[K+].[K+]. The van der Waals surface area contributed by atoms with E-state index in [-0.39, 0.29) is 154 Å². The van der Waals surface area contributed by atoms with Crippen molar-refractivity contribution in [1.29, 1.82) is 5.26 Å². The Morgan fingerprint density at radius 1 is 1.18 bits per heavy atom. The summed E-state index contributed by atoms with van der Waals surface area (Å²) < 4.78 is 8.55. The number of nitriles is 1. The molecule has 0 radical (unpaired) electrons. The smallest absolute Gasteiger partial charge is 0.822 e. The molecule has 0 bridgehead atoms. The first kappa shape index (κ1) is 29.5. The summed E-state index contributed by atoms with van der Waals surface area (Å²) >= 11 is 0. The molecule has 11 heavy (non-hydrogen) atoms. The quantitative estimate of drug-likeness (QED) is 0.197. The fourth-order valence-corrected chi connectivity index (χ4v) is 0. The van der Waals surface area contributed by atoms with E-state index in [1.165, 1.54) is 6.19 Å². The molecule has 0 aliphatic heterocycles. The van der Waals surface area contributed by atoms with E-state index < -0.39 is 7.82 Å². The van der Waals surface area contributed by atoms with Gasteiger partial charge in [0.2, 0.25) is 0 Å². The Morgan fingerprint density at radius 3 is 1.18 bits per heavy atom. The third-order valence-corrected chi connectivity index (χ3v) is 0. The molecule has 0 saturated heterocycles. The van der Waals surface area contributed by atoms with Crippen molar-refractivity contribution in [3.63, 3.8) is 0 Å². The molecule has 0 rings (SSSR count). The summed E-state index contributed by atoms with van der Waals surface area (Å²) in [4.78, 5) is 25.6. The Labute approximate surface area is 192 Å². The van der Waals surface area contributed by atoms with Crippen molar-refractivity contribution in [3.8, 4) is 6.19 Å². The maximum atomic E-state index is 8.55. The van der Waals surface area contributed by atoms with Gasteiger partial charge in [-0.15, -0.1) is 0 Å². The van der Waals surface area contributed by atoms with Crippen molar-refractivity contribution >= 4 is 7.82 Å². The molecule has 0 spiro atoms. The van der Waals surface area contributed by atoms with E-state index in [4.69, 9.17) is 24.5 Å². The molecule has 0 aliphatic carbocycles. The van der Waals surface area contributed by atoms with Gasteiger partial charge in [-0.1, -0.05) is 0 Å². The van der Waals surface area contributed by atoms with Crippen LogP contribution in [0.25, 0.3) is 0 Å². The second-order valence-corrected chi connectivity index (χ2v) is 1.47. The summed E-state index contributed by atoms with van der Waals surface area (Å²) in [6.07, 6.45) is 1.25. The van der Waals surface area contributed by atoms with Gasteiger partial charge in [-0.2, -0.15) is 13.1 Å². The van der Waals surface area contributed by atoms with Crippen LogP contribution in [0.2, 0.25) is 0 Å². The van der Waals surface area contributed by atoms with E-state index in [1.54, 1.807) is 0 Å². The van der Waals surface area contributed by atoms with Crippen LogP contribution in [0.4, 0.5) is 0 Å². The van der Waals surface area contributed by atoms with Crippen LogP contribution >= 0.6 is 7.82 Å². The zero-order chi connectivity index (χ0) is 7.21. The van der Waals surface area contributed by atoms with E-state index >= 15 is 0 Å². The molecule has 0 atom stereocenters. The average molecular weight is 254 g/mol. The molecule has 0 aromatic rings. The van der Waals surface area contributed by atoms with Crippen LogP contribution in [0.3, 0.4) is 0 Å². The Kier molecular flexibility index (Phi) is 53.1. The molecule has 0 fully saturated rings. The maximum Gasteiger partial charge on any atom is 1.00 e. The van der Waals surface area contributed by atoms with Gasteiger partial charge >= 0.3 is 154 Å². The molecule has 0 aromatic carbocycles. The number of phosphoric acid groups is 1. The molecule has 10 heteroatoms. The molecule has 6 nitrogen and oxygen atoms in total. The molecule has 0 unspecified atom stereocenters. The normalized spacial score (nSPS) is 6.00. The van der Waals surface area contributed by atoms with Gasteiger partial charge < -0.3 is 25.0 Å². The minimum absolute atomic E-state index is 0. The maximum absolute atomic E-state index is 8.55. The van der Waals surface area contributed by atoms with Gasteiger partial charge in [0.15, 0.2) is 6.19 Å². The Bertz CT molecular complexity index is 122. The Morgan fingerprint density at radius 2 is 1.18 bits per heavy atom. The standard InChI is InChI=1S/CH2N2.3K.H3O4P/c2-1-3;;;;1-5(2,3)4/h2H2;;;;(H3,1,2,3,4)/q;3*+1;/p-3. The van der Waals surface area contributed by atoms with E-state index in [2.05, 4.69) is 5.73 Å². The number of rotatable bonds is 0. The molecule has 0 saturated carbocycles. The topological polar surface area (TPSA) is 136 Å². The van der Waals surface area contributed by atoms with Crippen molar-refractivity contribution in [2.75, 3.05) is 0 Å². The minimum atomic E-state index is -5.39. The molecule has 0 aliphatic rings. The molecule has 48 valence electrons. The van der Waals surface area contributed by atoms with Crippen LogP contribution in [0, 0.1) is 11.5 Å². The second kappa shape index (κ2) is 19.8. The van der Waals surface area contributed by atoms with Gasteiger partial charge in [0, 0.05) is 0 Å². The summed E-state index contributed by atoms with van der Waals surface area (Å²) in [5, 5.41) is 7.10.